The summed E-state index contributed by atoms with van der Waals surface area (Å²) in [5, 5.41) is 6.97. The average Bonchev–Trinajstić information content (AvgIpc) is 3.28. The second-order valence-electron chi connectivity index (χ2n) is 8.18. The first-order chi connectivity index (χ1) is 14.2. The van der Waals surface area contributed by atoms with Crippen LogP contribution in [0, 0.1) is 5.92 Å². The van der Waals surface area contributed by atoms with Crippen LogP contribution in [0.3, 0.4) is 0 Å². The first-order valence-corrected chi connectivity index (χ1v) is 11.2. The minimum Gasteiger partial charge on any atom is -0.493 e. The largest absolute Gasteiger partial charge is 0.493 e. The van der Waals surface area contributed by atoms with Crippen LogP contribution < -0.4 is 20.1 Å². The fourth-order valence-corrected chi connectivity index (χ4v) is 4.41. The number of nitrogens with one attached hydrogen (secondary N) is 2. The Kier molecular flexibility index (Phi) is 8.47. The van der Waals surface area contributed by atoms with Crippen molar-refractivity contribution in [3.63, 3.8) is 0 Å². The molecule has 0 aromatic heterocycles. The summed E-state index contributed by atoms with van der Waals surface area (Å²) in [7, 11) is 3.54. The number of benzene rings is 1. The van der Waals surface area contributed by atoms with Crippen molar-refractivity contribution in [3.05, 3.63) is 23.8 Å². The van der Waals surface area contributed by atoms with Crippen LogP contribution in [0.5, 0.6) is 11.5 Å². The number of aliphatic imine (C=N–C) groups is 1. The van der Waals surface area contributed by atoms with Gasteiger partial charge in [0.25, 0.3) is 0 Å². The van der Waals surface area contributed by atoms with Crippen LogP contribution in [-0.4, -0.2) is 57.3 Å². The predicted octanol–water partition coefficient (Wildman–Crippen LogP) is 3.41. The lowest BCUT2D eigenvalue weighted by Crippen LogP contribution is -2.44. The van der Waals surface area contributed by atoms with Gasteiger partial charge in [-0.3, -0.25) is 4.99 Å². The van der Waals surface area contributed by atoms with Crippen LogP contribution in [0.2, 0.25) is 0 Å². The van der Waals surface area contributed by atoms with Crippen LogP contribution >= 0.6 is 0 Å². The molecule has 2 N–H and O–H groups in total. The third kappa shape index (κ3) is 6.26. The zero-order chi connectivity index (χ0) is 20.5. The van der Waals surface area contributed by atoms with E-state index in [-0.39, 0.29) is 0 Å². The van der Waals surface area contributed by atoms with E-state index in [2.05, 4.69) is 33.5 Å². The van der Waals surface area contributed by atoms with E-state index in [1.807, 2.05) is 19.2 Å². The summed E-state index contributed by atoms with van der Waals surface area (Å²) in [5.41, 5.74) is 1.11. The molecule has 1 saturated heterocycles. The molecular weight excluding hydrogens is 364 g/mol. The molecule has 3 rings (SSSR count). The number of rotatable bonds is 8. The van der Waals surface area contributed by atoms with Gasteiger partial charge in [-0.05, 0) is 63.6 Å². The second-order valence-corrected chi connectivity index (χ2v) is 8.18. The standard InChI is InChI=1S/C23H38N4O2/c1-4-27-14-8-9-18(17-27)15-25-23(24-2)26-16-19-10-7-13-21(28-3)22(19)29-20-11-5-6-12-20/h7,10,13,18,20H,4-6,8-9,11-12,14-17H2,1-3H3,(H2,24,25,26). The molecule has 0 radical (unpaired) electrons. The summed E-state index contributed by atoms with van der Waals surface area (Å²) in [5.74, 6) is 3.20. The second kappa shape index (κ2) is 11.3. The Bertz CT molecular complexity index is 658. The van der Waals surface area contributed by atoms with Crippen molar-refractivity contribution in [2.75, 3.05) is 40.3 Å². The lowest BCUT2D eigenvalue weighted by atomic mass is 9.98. The first-order valence-electron chi connectivity index (χ1n) is 11.2. The molecule has 2 fully saturated rings. The highest BCUT2D eigenvalue weighted by molar-refractivity contribution is 5.79. The van der Waals surface area contributed by atoms with Gasteiger partial charge in [0.05, 0.1) is 13.2 Å². The summed E-state index contributed by atoms with van der Waals surface area (Å²) in [6.07, 6.45) is 7.64. The summed E-state index contributed by atoms with van der Waals surface area (Å²) in [4.78, 5) is 6.95. The summed E-state index contributed by atoms with van der Waals surface area (Å²) in [6, 6.07) is 6.10. The topological polar surface area (TPSA) is 58.1 Å². The normalized spacial score (nSPS) is 21.2. The Balaban J connectivity index is 1.56. The predicted molar refractivity (Wildman–Crippen MR) is 119 cm³/mol. The fraction of sp³-hybridized carbons (Fsp3) is 0.696. The summed E-state index contributed by atoms with van der Waals surface area (Å²) < 4.78 is 11.9. The Morgan fingerprint density at radius 2 is 2.00 bits per heavy atom. The highest BCUT2D eigenvalue weighted by atomic mass is 16.5. The van der Waals surface area contributed by atoms with Crippen molar-refractivity contribution in [1.82, 2.24) is 15.5 Å². The van der Waals surface area contributed by atoms with Gasteiger partial charge in [-0.2, -0.15) is 0 Å². The van der Waals surface area contributed by atoms with Crippen molar-refractivity contribution in [2.24, 2.45) is 10.9 Å². The molecule has 1 aromatic carbocycles. The van der Waals surface area contributed by atoms with Crippen molar-refractivity contribution < 1.29 is 9.47 Å². The Hall–Kier alpha value is -1.95. The number of hydrogen-bond acceptors (Lipinski definition) is 4. The molecule has 1 aliphatic heterocycles. The van der Waals surface area contributed by atoms with E-state index in [9.17, 15) is 0 Å². The van der Waals surface area contributed by atoms with Gasteiger partial charge in [0, 0.05) is 32.2 Å². The zero-order valence-electron chi connectivity index (χ0n) is 18.4. The van der Waals surface area contributed by atoms with Crippen molar-refractivity contribution in [1.29, 1.82) is 0 Å². The maximum absolute atomic E-state index is 6.34. The molecule has 29 heavy (non-hydrogen) atoms. The molecule has 1 aliphatic carbocycles. The number of para-hydroxylation sites is 1. The zero-order valence-corrected chi connectivity index (χ0v) is 18.4. The Morgan fingerprint density at radius 3 is 2.72 bits per heavy atom. The van der Waals surface area contributed by atoms with Crippen molar-refractivity contribution >= 4 is 5.96 Å². The average molecular weight is 403 g/mol. The van der Waals surface area contributed by atoms with Crippen LogP contribution in [-0.2, 0) is 6.54 Å². The third-order valence-corrected chi connectivity index (χ3v) is 6.15. The third-order valence-electron chi connectivity index (χ3n) is 6.15. The van der Waals surface area contributed by atoms with E-state index < -0.39 is 0 Å². The fourth-order valence-electron chi connectivity index (χ4n) is 4.41. The quantitative estimate of drug-likeness (QED) is 0.515. The van der Waals surface area contributed by atoms with Crippen LogP contribution in [0.4, 0.5) is 0 Å². The molecule has 1 heterocycles. The Morgan fingerprint density at radius 1 is 1.17 bits per heavy atom. The molecule has 0 spiro atoms. The number of methoxy groups -OCH3 is 1. The Labute approximate surface area is 176 Å². The van der Waals surface area contributed by atoms with Gasteiger partial charge in [-0.1, -0.05) is 19.1 Å². The molecule has 6 heteroatoms. The van der Waals surface area contributed by atoms with Crippen molar-refractivity contribution in [3.8, 4) is 11.5 Å². The molecular formula is C23H38N4O2. The number of hydrogen-bond donors (Lipinski definition) is 2. The van der Waals surface area contributed by atoms with Crippen LogP contribution in [0.15, 0.2) is 23.2 Å². The molecule has 2 aliphatic rings. The minimum atomic E-state index is 0.301. The molecule has 1 unspecified atom stereocenters. The molecule has 6 nitrogen and oxygen atoms in total. The van der Waals surface area contributed by atoms with Crippen LogP contribution in [0.25, 0.3) is 0 Å². The number of nitrogens with zero attached hydrogens (tertiary/aromatic N) is 2. The molecule has 0 bridgehead atoms. The molecule has 1 aromatic rings. The molecule has 0 amide bonds. The van der Waals surface area contributed by atoms with E-state index in [0.717, 1.165) is 49.0 Å². The van der Waals surface area contributed by atoms with Crippen molar-refractivity contribution in [2.45, 2.75) is 58.1 Å². The van der Waals surface area contributed by atoms with Gasteiger partial charge < -0.3 is 25.0 Å². The highest BCUT2D eigenvalue weighted by Crippen LogP contribution is 2.34. The first kappa shape index (κ1) is 21.8. The minimum absolute atomic E-state index is 0.301. The number of piperidine rings is 1. The maximum Gasteiger partial charge on any atom is 0.191 e. The van der Waals surface area contributed by atoms with E-state index >= 15 is 0 Å². The monoisotopic (exact) mass is 402 g/mol. The summed E-state index contributed by atoms with van der Waals surface area (Å²) >= 11 is 0. The van der Waals surface area contributed by atoms with Gasteiger partial charge in [0.1, 0.15) is 0 Å². The van der Waals surface area contributed by atoms with Gasteiger partial charge in [-0.15, -0.1) is 0 Å². The smallest absolute Gasteiger partial charge is 0.191 e. The highest BCUT2D eigenvalue weighted by Gasteiger charge is 2.21. The molecule has 162 valence electrons. The number of ether oxygens (including phenoxy) is 2. The number of likely N-dealkylation sites (tertiary alicyclic amines) is 1. The van der Waals surface area contributed by atoms with E-state index in [1.165, 1.54) is 38.8 Å². The van der Waals surface area contributed by atoms with Crippen LogP contribution in [0.1, 0.15) is 51.0 Å². The number of guanidine groups is 1. The van der Waals surface area contributed by atoms with Gasteiger partial charge >= 0.3 is 0 Å². The SMILES string of the molecule is CCN1CCCC(CNC(=NC)NCc2cccc(OC)c2OC2CCCC2)C1. The molecule has 1 saturated carbocycles. The van der Waals surface area contributed by atoms with Gasteiger partial charge in [0.2, 0.25) is 0 Å². The maximum atomic E-state index is 6.34. The van der Waals surface area contributed by atoms with E-state index in [1.54, 1.807) is 7.11 Å². The lowest BCUT2D eigenvalue weighted by molar-refractivity contribution is 0.183. The van der Waals surface area contributed by atoms with Gasteiger partial charge in [-0.25, -0.2) is 0 Å². The van der Waals surface area contributed by atoms with E-state index in [4.69, 9.17) is 9.47 Å². The molecule has 1 atom stereocenters. The van der Waals surface area contributed by atoms with Gasteiger partial charge in [0.15, 0.2) is 17.5 Å². The lowest BCUT2D eigenvalue weighted by Gasteiger charge is -2.32. The summed E-state index contributed by atoms with van der Waals surface area (Å²) in [6.45, 7) is 7.42. The van der Waals surface area contributed by atoms with E-state index in [0.29, 0.717) is 18.6 Å².